The Kier molecular flexibility index (Phi) is 2.81. The van der Waals surface area contributed by atoms with Crippen molar-refractivity contribution in [2.45, 2.75) is 25.9 Å². The molecule has 0 amide bonds. The lowest BCUT2D eigenvalue weighted by Crippen LogP contribution is -2.46. The molecule has 0 saturated carbocycles. The molecular formula is C13H19NO. The van der Waals surface area contributed by atoms with Crippen molar-refractivity contribution < 1.29 is 5.11 Å². The molecule has 1 fully saturated rings. The highest BCUT2D eigenvalue weighted by Gasteiger charge is 2.37. The zero-order valence-electron chi connectivity index (χ0n) is 9.46. The van der Waals surface area contributed by atoms with Gasteiger partial charge in [-0.05, 0) is 25.5 Å². The lowest BCUT2D eigenvalue weighted by Gasteiger charge is -2.39. The monoisotopic (exact) mass is 205 g/mol. The molecule has 1 aromatic carbocycles. The third-order valence-corrected chi connectivity index (χ3v) is 3.47. The summed E-state index contributed by atoms with van der Waals surface area (Å²) in [7, 11) is 0. The molecule has 2 heteroatoms. The van der Waals surface area contributed by atoms with Crippen LogP contribution < -0.4 is 5.32 Å². The second kappa shape index (κ2) is 3.95. The summed E-state index contributed by atoms with van der Waals surface area (Å²) in [6.45, 7) is 5.96. The molecule has 1 saturated heterocycles. The maximum atomic E-state index is 10.7. The Bertz CT molecular complexity index is 350. The predicted octanol–water partition coefficient (Wildman–Crippen LogP) is 1.81. The van der Waals surface area contributed by atoms with Crippen molar-refractivity contribution in [2.75, 3.05) is 13.1 Å². The van der Waals surface area contributed by atoms with E-state index in [1.165, 1.54) is 5.56 Å². The van der Waals surface area contributed by atoms with Crippen LogP contribution in [-0.2, 0) is 5.60 Å². The minimum atomic E-state index is -0.642. The summed E-state index contributed by atoms with van der Waals surface area (Å²) in [6, 6.07) is 8.23. The van der Waals surface area contributed by atoms with E-state index in [2.05, 4.69) is 31.3 Å². The van der Waals surface area contributed by atoms with Gasteiger partial charge in [-0.2, -0.15) is 0 Å². The first-order valence-corrected chi connectivity index (χ1v) is 5.63. The first-order chi connectivity index (χ1) is 7.13. The van der Waals surface area contributed by atoms with Crippen LogP contribution in [0.2, 0.25) is 0 Å². The molecule has 0 bridgehead atoms. The fourth-order valence-electron chi connectivity index (χ4n) is 2.36. The van der Waals surface area contributed by atoms with Crippen molar-refractivity contribution in [3.63, 3.8) is 0 Å². The average Bonchev–Trinajstić information content (AvgIpc) is 2.23. The largest absolute Gasteiger partial charge is 0.385 e. The molecule has 2 nitrogen and oxygen atoms in total. The average molecular weight is 205 g/mol. The molecule has 2 N–H and O–H groups in total. The lowest BCUT2D eigenvalue weighted by molar-refractivity contribution is -0.0392. The zero-order chi connectivity index (χ0) is 10.9. The van der Waals surface area contributed by atoms with Gasteiger partial charge in [-0.3, -0.25) is 0 Å². The van der Waals surface area contributed by atoms with Crippen molar-refractivity contribution in [3.8, 4) is 0 Å². The van der Waals surface area contributed by atoms with E-state index in [9.17, 15) is 5.11 Å². The summed E-state index contributed by atoms with van der Waals surface area (Å²) < 4.78 is 0. The van der Waals surface area contributed by atoms with E-state index in [0.717, 1.165) is 25.1 Å². The Morgan fingerprint density at radius 2 is 2.27 bits per heavy atom. The molecule has 1 heterocycles. The highest BCUT2D eigenvalue weighted by Crippen LogP contribution is 2.34. The van der Waals surface area contributed by atoms with Gasteiger partial charge in [0.25, 0.3) is 0 Å². The number of nitrogens with one attached hydrogen (secondary N) is 1. The summed E-state index contributed by atoms with van der Waals surface area (Å²) in [5.74, 6) is 0.271. The Morgan fingerprint density at radius 1 is 1.47 bits per heavy atom. The van der Waals surface area contributed by atoms with E-state index in [1.807, 2.05) is 12.1 Å². The topological polar surface area (TPSA) is 32.3 Å². The zero-order valence-corrected chi connectivity index (χ0v) is 9.46. The predicted molar refractivity (Wildman–Crippen MR) is 61.7 cm³/mol. The van der Waals surface area contributed by atoms with Crippen LogP contribution in [0.1, 0.15) is 24.5 Å². The van der Waals surface area contributed by atoms with E-state index in [-0.39, 0.29) is 5.92 Å². The van der Waals surface area contributed by atoms with Crippen LogP contribution in [0, 0.1) is 12.8 Å². The molecule has 1 aromatic rings. The van der Waals surface area contributed by atoms with Crippen molar-refractivity contribution in [1.29, 1.82) is 0 Å². The van der Waals surface area contributed by atoms with Gasteiger partial charge in [0.05, 0.1) is 5.60 Å². The molecule has 2 atom stereocenters. The number of hydrogen-bond donors (Lipinski definition) is 2. The molecule has 0 aliphatic carbocycles. The van der Waals surface area contributed by atoms with Crippen LogP contribution in [0.15, 0.2) is 24.3 Å². The Labute approximate surface area is 91.3 Å². The number of aryl methyl sites for hydroxylation is 1. The third-order valence-electron chi connectivity index (χ3n) is 3.47. The fraction of sp³-hybridized carbons (Fsp3) is 0.538. The second-order valence-electron chi connectivity index (χ2n) is 4.65. The Hall–Kier alpha value is -0.860. The van der Waals surface area contributed by atoms with Gasteiger partial charge in [0.15, 0.2) is 0 Å². The number of hydrogen-bond acceptors (Lipinski definition) is 2. The molecule has 15 heavy (non-hydrogen) atoms. The van der Waals surface area contributed by atoms with Gasteiger partial charge >= 0.3 is 0 Å². The second-order valence-corrected chi connectivity index (χ2v) is 4.65. The SMILES string of the molecule is Cc1cccc(C2(O)CCNCC2C)c1. The normalized spacial score (nSPS) is 31.5. The molecule has 2 unspecified atom stereocenters. The smallest absolute Gasteiger partial charge is 0.0946 e. The van der Waals surface area contributed by atoms with Crippen LogP contribution in [-0.4, -0.2) is 18.2 Å². The van der Waals surface area contributed by atoms with Crippen molar-refractivity contribution in [1.82, 2.24) is 5.32 Å². The lowest BCUT2D eigenvalue weighted by atomic mass is 9.77. The van der Waals surface area contributed by atoms with Crippen LogP contribution in [0.25, 0.3) is 0 Å². The molecule has 0 spiro atoms. The summed E-state index contributed by atoms with van der Waals surface area (Å²) in [5, 5.41) is 14.0. The maximum absolute atomic E-state index is 10.7. The van der Waals surface area contributed by atoms with E-state index in [1.54, 1.807) is 0 Å². The fourth-order valence-corrected chi connectivity index (χ4v) is 2.36. The van der Waals surface area contributed by atoms with Crippen molar-refractivity contribution >= 4 is 0 Å². The first-order valence-electron chi connectivity index (χ1n) is 5.63. The highest BCUT2D eigenvalue weighted by atomic mass is 16.3. The number of piperidine rings is 1. The van der Waals surface area contributed by atoms with Gasteiger partial charge < -0.3 is 10.4 Å². The third kappa shape index (κ3) is 1.92. The summed E-state index contributed by atoms with van der Waals surface area (Å²) in [6.07, 6.45) is 0.803. The van der Waals surface area contributed by atoms with Gasteiger partial charge in [-0.15, -0.1) is 0 Å². The van der Waals surface area contributed by atoms with Gasteiger partial charge in [0.2, 0.25) is 0 Å². The summed E-state index contributed by atoms with van der Waals surface area (Å²) >= 11 is 0. The minimum absolute atomic E-state index is 0.271. The number of benzene rings is 1. The quantitative estimate of drug-likeness (QED) is 0.733. The molecule has 1 aliphatic rings. The molecular weight excluding hydrogens is 186 g/mol. The molecule has 1 aliphatic heterocycles. The van der Waals surface area contributed by atoms with E-state index in [4.69, 9.17) is 0 Å². The van der Waals surface area contributed by atoms with E-state index < -0.39 is 5.60 Å². The Morgan fingerprint density at radius 3 is 2.93 bits per heavy atom. The van der Waals surface area contributed by atoms with Crippen LogP contribution >= 0.6 is 0 Å². The van der Waals surface area contributed by atoms with Crippen molar-refractivity contribution in [2.24, 2.45) is 5.92 Å². The van der Waals surface area contributed by atoms with Crippen LogP contribution in [0.5, 0.6) is 0 Å². The van der Waals surface area contributed by atoms with Crippen LogP contribution in [0.3, 0.4) is 0 Å². The summed E-state index contributed by atoms with van der Waals surface area (Å²) in [5.41, 5.74) is 1.64. The van der Waals surface area contributed by atoms with Crippen LogP contribution in [0.4, 0.5) is 0 Å². The summed E-state index contributed by atoms with van der Waals surface area (Å²) in [4.78, 5) is 0. The van der Waals surface area contributed by atoms with Gasteiger partial charge in [-0.1, -0.05) is 36.8 Å². The van der Waals surface area contributed by atoms with Gasteiger partial charge in [0.1, 0.15) is 0 Å². The molecule has 0 radical (unpaired) electrons. The first kappa shape index (κ1) is 10.7. The molecule has 0 aromatic heterocycles. The highest BCUT2D eigenvalue weighted by molar-refractivity contribution is 5.28. The number of aliphatic hydroxyl groups is 1. The van der Waals surface area contributed by atoms with Crippen molar-refractivity contribution in [3.05, 3.63) is 35.4 Å². The molecule has 2 rings (SSSR count). The Balaban J connectivity index is 2.34. The number of rotatable bonds is 1. The van der Waals surface area contributed by atoms with Gasteiger partial charge in [0, 0.05) is 12.5 Å². The molecule has 82 valence electrons. The maximum Gasteiger partial charge on any atom is 0.0946 e. The van der Waals surface area contributed by atoms with Gasteiger partial charge in [-0.25, -0.2) is 0 Å². The standard InChI is InChI=1S/C13H19NO/c1-10-4-3-5-12(8-10)13(15)6-7-14-9-11(13)2/h3-5,8,11,14-15H,6-7,9H2,1-2H3. The van der Waals surface area contributed by atoms with E-state index >= 15 is 0 Å². The van der Waals surface area contributed by atoms with E-state index in [0.29, 0.717) is 0 Å². The minimum Gasteiger partial charge on any atom is -0.385 e.